The summed E-state index contributed by atoms with van der Waals surface area (Å²) in [5, 5.41) is 1.47. The van der Waals surface area contributed by atoms with Crippen molar-refractivity contribution in [1.29, 1.82) is 0 Å². The molecule has 0 saturated carbocycles. The predicted molar refractivity (Wildman–Crippen MR) is 97.5 cm³/mol. The standard InChI is InChI=1S/C20H13BF2N/c22-21(23)20-16(10-9-14-5-1-3-7-18(14)20)13-17-12-11-15-6-2-4-8-19(15)24(17)21/h1-13H/q-1. The van der Waals surface area contributed by atoms with Crippen molar-refractivity contribution < 1.29 is 8.63 Å². The topological polar surface area (TPSA) is 3.24 Å². The minimum Gasteiger partial charge on any atom is -0.457 e. The molecule has 0 radical (unpaired) electrons. The van der Waals surface area contributed by atoms with Crippen LogP contribution in [0.5, 0.6) is 0 Å². The van der Waals surface area contributed by atoms with Crippen molar-refractivity contribution in [3.05, 3.63) is 83.6 Å². The number of nitrogens with zero attached hydrogens (tertiary/aromatic N) is 1. The quantitative estimate of drug-likeness (QED) is 0.538. The molecule has 0 aliphatic carbocycles. The van der Waals surface area contributed by atoms with Crippen LogP contribution in [0.3, 0.4) is 0 Å². The van der Waals surface area contributed by atoms with Gasteiger partial charge in [0, 0.05) is 11.4 Å². The Morgan fingerprint density at radius 3 is 2.46 bits per heavy atom. The lowest BCUT2D eigenvalue weighted by Crippen LogP contribution is -2.59. The van der Waals surface area contributed by atoms with Crippen molar-refractivity contribution in [2.75, 3.05) is 4.81 Å². The van der Waals surface area contributed by atoms with E-state index in [0.29, 0.717) is 22.3 Å². The van der Waals surface area contributed by atoms with Crippen molar-refractivity contribution in [2.24, 2.45) is 0 Å². The molecule has 0 bridgehead atoms. The van der Waals surface area contributed by atoms with Gasteiger partial charge in [-0.25, -0.2) is 0 Å². The van der Waals surface area contributed by atoms with Crippen LogP contribution < -0.4 is 10.3 Å². The van der Waals surface area contributed by atoms with Crippen molar-refractivity contribution in [2.45, 2.75) is 0 Å². The average molecular weight is 316 g/mol. The number of para-hydroxylation sites is 1. The monoisotopic (exact) mass is 316 g/mol. The van der Waals surface area contributed by atoms with Crippen LogP contribution in [-0.4, -0.2) is 6.84 Å². The zero-order valence-corrected chi connectivity index (χ0v) is 12.8. The Labute approximate surface area is 138 Å². The van der Waals surface area contributed by atoms with Crippen LogP contribution >= 0.6 is 0 Å². The molecule has 5 rings (SSSR count). The lowest BCUT2D eigenvalue weighted by Gasteiger charge is -2.48. The summed E-state index contributed by atoms with van der Waals surface area (Å²) in [6.45, 7) is -3.90. The molecule has 4 heteroatoms. The molecule has 2 aliphatic rings. The third-order valence-electron chi connectivity index (χ3n) is 4.89. The first-order valence-corrected chi connectivity index (χ1v) is 7.98. The molecule has 3 aromatic carbocycles. The number of anilines is 1. The van der Waals surface area contributed by atoms with Crippen molar-refractivity contribution >= 4 is 40.9 Å². The van der Waals surface area contributed by atoms with Gasteiger partial charge in [-0.05, 0) is 34.6 Å². The Balaban J connectivity index is 1.87. The maximum atomic E-state index is 15.7. The SMILES string of the molecule is F[B-]1(F)c2c(ccc3ccccc23)C=C2C=Cc3ccccc3N21. The number of halogens is 2. The number of allylic oxidation sites excluding steroid dienone is 1. The van der Waals surface area contributed by atoms with Gasteiger partial charge in [-0.3, -0.25) is 0 Å². The van der Waals surface area contributed by atoms with Crippen LogP contribution in [-0.2, 0) is 0 Å². The normalized spacial score (nSPS) is 17.1. The van der Waals surface area contributed by atoms with E-state index >= 15 is 8.63 Å². The summed E-state index contributed by atoms with van der Waals surface area (Å²) in [7, 11) is 0. The van der Waals surface area contributed by atoms with Crippen molar-refractivity contribution in [3.8, 4) is 0 Å². The van der Waals surface area contributed by atoms with Gasteiger partial charge in [-0.1, -0.05) is 66.2 Å². The second kappa shape index (κ2) is 4.57. The van der Waals surface area contributed by atoms with E-state index in [1.54, 1.807) is 30.3 Å². The van der Waals surface area contributed by atoms with Crippen LogP contribution in [0.4, 0.5) is 14.3 Å². The summed E-state index contributed by atoms with van der Waals surface area (Å²) in [5.74, 6) is 0. The van der Waals surface area contributed by atoms with Crippen LogP contribution in [0.1, 0.15) is 11.1 Å². The summed E-state index contributed by atoms with van der Waals surface area (Å²) in [5.41, 5.74) is 2.67. The fourth-order valence-electron chi connectivity index (χ4n) is 3.84. The molecule has 0 saturated heterocycles. The molecule has 0 aromatic heterocycles. The van der Waals surface area contributed by atoms with Gasteiger partial charge in [0.15, 0.2) is 0 Å². The molecular formula is C20H13BF2N-. The van der Waals surface area contributed by atoms with E-state index < -0.39 is 6.84 Å². The fraction of sp³-hybridized carbons (Fsp3) is 0. The minimum atomic E-state index is -3.90. The summed E-state index contributed by atoms with van der Waals surface area (Å²) >= 11 is 0. The molecule has 116 valence electrons. The lowest BCUT2D eigenvalue weighted by molar-refractivity contribution is 0.619. The first-order chi connectivity index (χ1) is 11.7. The largest absolute Gasteiger partial charge is 0.457 e. The summed E-state index contributed by atoms with van der Waals surface area (Å²) in [6.07, 6.45) is 5.53. The molecule has 0 amide bonds. The number of fused-ring (bicyclic) bond motifs is 6. The molecule has 0 N–H and O–H groups in total. The summed E-state index contributed by atoms with van der Waals surface area (Å²) < 4.78 is 31.3. The third-order valence-corrected chi connectivity index (χ3v) is 4.89. The summed E-state index contributed by atoms with van der Waals surface area (Å²) in [4.78, 5) is 1.21. The number of rotatable bonds is 0. The number of benzene rings is 3. The third kappa shape index (κ3) is 1.68. The number of hydrogen-bond donors (Lipinski definition) is 0. The Morgan fingerprint density at radius 2 is 1.54 bits per heavy atom. The van der Waals surface area contributed by atoms with Gasteiger partial charge in [0.1, 0.15) is 0 Å². The molecule has 2 aliphatic heterocycles. The Morgan fingerprint density at radius 1 is 0.750 bits per heavy atom. The van der Waals surface area contributed by atoms with Crippen LogP contribution in [0.15, 0.2) is 72.4 Å². The van der Waals surface area contributed by atoms with Gasteiger partial charge in [-0.15, -0.1) is 5.46 Å². The molecule has 1 nitrogen and oxygen atoms in total. The lowest BCUT2D eigenvalue weighted by atomic mass is 9.61. The molecule has 2 heterocycles. The van der Waals surface area contributed by atoms with Gasteiger partial charge >= 0.3 is 6.84 Å². The van der Waals surface area contributed by atoms with Gasteiger partial charge < -0.3 is 13.4 Å². The van der Waals surface area contributed by atoms with E-state index in [0.717, 1.165) is 10.9 Å². The molecule has 0 atom stereocenters. The van der Waals surface area contributed by atoms with E-state index in [-0.39, 0.29) is 5.46 Å². The van der Waals surface area contributed by atoms with Crippen molar-refractivity contribution in [3.63, 3.8) is 0 Å². The van der Waals surface area contributed by atoms with Crippen LogP contribution in [0, 0.1) is 0 Å². The maximum Gasteiger partial charge on any atom is 0.446 e. The van der Waals surface area contributed by atoms with E-state index in [2.05, 4.69) is 0 Å². The molecular weight excluding hydrogens is 303 g/mol. The molecule has 24 heavy (non-hydrogen) atoms. The molecule has 0 unspecified atom stereocenters. The first-order valence-electron chi connectivity index (χ1n) is 7.98. The average Bonchev–Trinajstić information content (AvgIpc) is 2.60. The van der Waals surface area contributed by atoms with Gasteiger partial charge in [0.25, 0.3) is 0 Å². The Bertz CT molecular complexity index is 1050. The van der Waals surface area contributed by atoms with Crippen LogP contribution in [0.25, 0.3) is 22.9 Å². The molecule has 0 fully saturated rings. The fourth-order valence-corrected chi connectivity index (χ4v) is 3.84. The smallest absolute Gasteiger partial charge is 0.446 e. The first kappa shape index (κ1) is 13.6. The number of hydrogen-bond acceptors (Lipinski definition) is 1. The zero-order valence-electron chi connectivity index (χ0n) is 12.8. The second-order valence-electron chi connectivity index (χ2n) is 6.25. The van der Waals surface area contributed by atoms with Crippen molar-refractivity contribution in [1.82, 2.24) is 0 Å². The highest BCUT2D eigenvalue weighted by atomic mass is 19.2. The summed E-state index contributed by atoms with van der Waals surface area (Å²) in [6, 6.07) is 18.4. The zero-order chi connectivity index (χ0) is 16.3. The second-order valence-corrected chi connectivity index (χ2v) is 6.25. The predicted octanol–water partition coefficient (Wildman–Crippen LogP) is 4.81. The van der Waals surface area contributed by atoms with Gasteiger partial charge in [0.05, 0.1) is 0 Å². The van der Waals surface area contributed by atoms with E-state index in [4.69, 9.17) is 0 Å². The maximum absolute atomic E-state index is 15.7. The Kier molecular flexibility index (Phi) is 2.58. The van der Waals surface area contributed by atoms with Gasteiger partial charge in [0.2, 0.25) is 0 Å². The van der Waals surface area contributed by atoms with E-state index in [9.17, 15) is 0 Å². The Hall–Kier alpha value is -2.88. The highest BCUT2D eigenvalue weighted by molar-refractivity contribution is 6.87. The molecule has 0 spiro atoms. The van der Waals surface area contributed by atoms with E-state index in [1.165, 1.54) is 4.81 Å². The highest BCUT2D eigenvalue weighted by Crippen LogP contribution is 2.40. The highest BCUT2D eigenvalue weighted by Gasteiger charge is 2.42. The van der Waals surface area contributed by atoms with Crippen LogP contribution in [0.2, 0.25) is 0 Å². The van der Waals surface area contributed by atoms with E-state index in [1.807, 2.05) is 48.6 Å². The van der Waals surface area contributed by atoms with Gasteiger partial charge in [-0.2, -0.15) is 0 Å². The minimum absolute atomic E-state index is 0.141. The molecule has 3 aromatic rings.